The van der Waals surface area contributed by atoms with Crippen LogP contribution in [0.1, 0.15) is 15.9 Å². The molecule has 1 aromatic heterocycles. The van der Waals surface area contributed by atoms with Crippen LogP contribution in [0.25, 0.3) is 0 Å². The van der Waals surface area contributed by atoms with E-state index in [0.29, 0.717) is 5.69 Å². The zero-order valence-corrected chi connectivity index (χ0v) is 12.7. The number of amides is 1. The Morgan fingerprint density at radius 1 is 1.35 bits per heavy atom. The molecule has 4 nitrogen and oxygen atoms in total. The number of halogens is 4. The Hall–Kier alpha value is -2.28. The molecular formula is C15H12ClF3N2O2. The Labute approximate surface area is 135 Å². The molecule has 0 unspecified atom stereocenters. The van der Waals surface area contributed by atoms with Gasteiger partial charge in [0.05, 0.1) is 5.56 Å². The third kappa shape index (κ3) is 4.85. The van der Waals surface area contributed by atoms with Gasteiger partial charge in [-0.3, -0.25) is 4.79 Å². The summed E-state index contributed by atoms with van der Waals surface area (Å²) in [6, 6.07) is 8.35. The van der Waals surface area contributed by atoms with Gasteiger partial charge in [-0.05, 0) is 24.6 Å². The molecule has 0 radical (unpaired) electrons. The van der Waals surface area contributed by atoms with Crippen LogP contribution in [0.3, 0.4) is 0 Å². The van der Waals surface area contributed by atoms with Gasteiger partial charge in [0.25, 0.3) is 5.91 Å². The third-order valence-corrected chi connectivity index (χ3v) is 3.11. The average Bonchev–Trinajstić information content (AvgIpc) is 2.47. The summed E-state index contributed by atoms with van der Waals surface area (Å²) >= 11 is 5.80. The minimum atomic E-state index is -4.49. The van der Waals surface area contributed by atoms with Crippen LogP contribution in [0.2, 0.25) is 5.02 Å². The van der Waals surface area contributed by atoms with Crippen molar-refractivity contribution in [2.75, 3.05) is 11.9 Å². The maximum atomic E-state index is 12.1. The monoisotopic (exact) mass is 344 g/mol. The molecule has 1 aromatic carbocycles. The molecule has 0 saturated carbocycles. The maximum Gasteiger partial charge on any atom is 0.422 e. The Morgan fingerprint density at radius 2 is 2.04 bits per heavy atom. The minimum absolute atomic E-state index is 0.109. The number of para-hydroxylation sites is 1. The van der Waals surface area contributed by atoms with Crippen LogP contribution in [0.5, 0.6) is 5.88 Å². The van der Waals surface area contributed by atoms with E-state index < -0.39 is 18.7 Å². The number of pyridine rings is 1. The van der Waals surface area contributed by atoms with E-state index in [1.807, 2.05) is 19.1 Å². The SMILES string of the molecule is Cc1ccccc1NC(=O)c1cnc(OCC(F)(F)F)c(Cl)c1. The Bertz CT molecular complexity index is 720. The topological polar surface area (TPSA) is 51.2 Å². The van der Waals surface area contributed by atoms with Gasteiger partial charge in [-0.15, -0.1) is 0 Å². The van der Waals surface area contributed by atoms with Gasteiger partial charge < -0.3 is 10.1 Å². The first-order valence-corrected chi connectivity index (χ1v) is 6.86. The van der Waals surface area contributed by atoms with Gasteiger partial charge in [0, 0.05) is 11.9 Å². The second kappa shape index (κ2) is 6.87. The van der Waals surface area contributed by atoms with Crippen molar-refractivity contribution in [2.24, 2.45) is 0 Å². The minimum Gasteiger partial charge on any atom is -0.467 e. The molecule has 0 spiro atoms. The summed E-state index contributed by atoms with van der Waals surface area (Å²) in [4.78, 5) is 15.8. The lowest BCUT2D eigenvalue weighted by molar-refractivity contribution is -0.154. The van der Waals surface area contributed by atoms with E-state index in [9.17, 15) is 18.0 Å². The summed E-state index contributed by atoms with van der Waals surface area (Å²) in [7, 11) is 0. The summed E-state index contributed by atoms with van der Waals surface area (Å²) in [5, 5.41) is 2.50. The molecule has 0 bridgehead atoms. The molecule has 0 aliphatic carbocycles. The lowest BCUT2D eigenvalue weighted by atomic mass is 10.2. The second-order valence-electron chi connectivity index (χ2n) is 4.68. The number of benzene rings is 1. The lowest BCUT2D eigenvalue weighted by Crippen LogP contribution is -2.20. The van der Waals surface area contributed by atoms with Crippen LogP contribution in [-0.2, 0) is 0 Å². The molecule has 0 atom stereocenters. The summed E-state index contributed by atoms with van der Waals surface area (Å²) in [6.07, 6.45) is -3.39. The van der Waals surface area contributed by atoms with Crippen molar-refractivity contribution in [3.63, 3.8) is 0 Å². The lowest BCUT2D eigenvalue weighted by Gasteiger charge is -2.11. The molecule has 8 heteroatoms. The van der Waals surface area contributed by atoms with Crippen molar-refractivity contribution in [3.8, 4) is 5.88 Å². The highest BCUT2D eigenvalue weighted by molar-refractivity contribution is 6.32. The fourth-order valence-electron chi connectivity index (χ4n) is 1.71. The standard InChI is InChI=1S/C15H12ClF3N2O2/c1-9-4-2-3-5-12(9)21-13(22)10-6-11(16)14(20-7-10)23-8-15(17,18)19/h2-7H,8H2,1H3,(H,21,22). The number of aromatic nitrogens is 1. The average molecular weight is 345 g/mol. The predicted octanol–water partition coefficient (Wildman–Crippen LogP) is 4.24. The molecule has 0 aliphatic heterocycles. The van der Waals surface area contributed by atoms with E-state index in [-0.39, 0.29) is 16.5 Å². The number of nitrogens with zero attached hydrogens (tertiary/aromatic N) is 1. The molecule has 0 aliphatic rings. The molecule has 2 aromatic rings. The van der Waals surface area contributed by atoms with Gasteiger partial charge in [0.2, 0.25) is 5.88 Å². The van der Waals surface area contributed by atoms with Crippen LogP contribution >= 0.6 is 11.6 Å². The van der Waals surface area contributed by atoms with Crippen LogP contribution in [0.15, 0.2) is 36.5 Å². The van der Waals surface area contributed by atoms with Gasteiger partial charge in [0.15, 0.2) is 6.61 Å². The highest BCUT2D eigenvalue weighted by Gasteiger charge is 2.29. The number of nitrogens with one attached hydrogen (secondary N) is 1. The van der Waals surface area contributed by atoms with Crippen LogP contribution in [0.4, 0.5) is 18.9 Å². The molecule has 1 heterocycles. The number of ether oxygens (including phenoxy) is 1. The Balaban J connectivity index is 2.10. The van der Waals surface area contributed by atoms with Gasteiger partial charge in [0.1, 0.15) is 5.02 Å². The number of alkyl halides is 3. The first kappa shape index (κ1) is 17.1. The quantitative estimate of drug-likeness (QED) is 0.902. The fraction of sp³-hybridized carbons (Fsp3) is 0.200. The van der Waals surface area contributed by atoms with Crippen molar-refractivity contribution < 1.29 is 22.7 Å². The summed E-state index contributed by atoms with van der Waals surface area (Å²) in [5.74, 6) is -0.854. The highest BCUT2D eigenvalue weighted by atomic mass is 35.5. The number of aryl methyl sites for hydroxylation is 1. The van der Waals surface area contributed by atoms with Gasteiger partial charge in [-0.2, -0.15) is 13.2 Å². The Morgan fingerprint density at radius 3 is 2.65 bits per heavy atom. The number of hydrogen-bond donors (Lipinski definition) is 1. The van der Waals surface area contributed by atoms with Crippen LogP contribution in [-0.4, -0.2) is 23.7 Å². The van der Waals surface area contributed by atoms with E-state index in [0.717, 1.165) is 11.8 Å². The van der Waals surface area contributed by atoms with E-state index in [1.54, 1.807) is 12.1 Å². The number of carbonyl (C=O) groups excluding carboxylic acids is 1. The molecule has 0 saturated heterocycles. The van der Waals surface area contributed by atoms with Gasteiger partial charge >= 0.3 is 6.18 Å². The number of hydrogen-bond acceptors (Lipinski definition) is 3. The predicted molar refractivity (Wildman–Crippen MR) is 79.9 cm³/mol. The summed E-state index contributed by atoms with van der Waals surface area (Å²) < 4.78 is 40.8. The van der Waals surface area contributed by atoms with Gasteiger partial charge in [-0.25, -0.2) is 4.98 Å². The first-order chi connectivity index (χ1) is 10.8. The largest absolute Gasteiger partial charge is 0.467 e. The van der Waals surface area contributed by atoms with Crippen LogP contribution in [0, 0.1) is 6.92 Å². The smallest absolute Gasteiger partial charge is 0.422 e. The van der Waals surface area contributed by atoms with Crippen molar-refractivity contribution >= 4 is 23.2 Å². The van der Waals surface area contributed by atoms with Crippen LogP contribution < -0.4 is 10.1 Å². The summed E-state index contributed by atoms with van der Waals surface area (Å²) in [5.41, 5.74) is 1.59. The fourth-order valence-corrected chi connectivity index (χ4v) is 1.93. The molecule has 23 heavy (non-hydrogen) atoms. The Kier molecular flexibility index (Phi) is 5.10. The van der Waals surface area contributed by atoms with Crippen molar-refractivity contribution in [1.82, 2.24) is 4.98 Å². The second-order valence-corrected chi connectivity index (χ2v) is 5.09. The number of carbonyl (C=O) groups is 1. The molecule has 1 N–H and O–H groups in total. The van der Waals surface area contributed by atoms with Crippen molar-refractivity contribution in [2.45, 2.75) is 13.1 Å². The zero-order chi connectivity index (χ0) is 17.0. The molecule has 122 valence electrons. The number of anilines is 1. The van der Waals surface area contributed by atoms with E-state index in [4.69, 9.17) is 11.6 Å². The maximum absolute atomic E-state index is 12.1. The van der Waals surface area contributed by atoms with Gasteiger partial charge in [-0.1, -0.05) is 29.8 Å². The van der Waals surface area contributed by atoms with Crippen molar-refractivity contribution in [1.29, 1.82) is 0 Å². The van der Waals surface area contributed by atoms with E-state index in [2.05, 4.69) is 15.0 Å². The third-order valence-electron chi connectivity index (χ3n) is 2.84. The van der Waals surface area contributed by atoms with Crippen molar-refractivity contribution in [3.05, 3.63) is 52.7 Å². The molecular weight excluding hydrogens is 333 g/mol. The van der Waals surface area contributed by atoms with E-state index >= 15 is 0 Å². The molecule has 0 fully saturated rings. The highest BCUT2D eigenvalue weighted by Crippen LogP contribution is 2.25. The number of rotatable bonds is 4. The molecule has 1 amide bonds. The summed E-state index contributed by atoms with van der Waals surface area (Å²) in [6.45, 7) is 0.323. The van der Waals surface area contributed by atoms with E-state index in [1.165, 1.54) is 6.07 Å². The first-order valence-electron chi connectivity index (χ1n) is 6.48. The zero-order valence-electron chi connectivity index (χ0n) is 11.9. The normalized spacial score (nSPS) is 11.2. The molecule has 2 rings (SSSR count).